The van der Waals surface area contributed by atoms with Crippen LogP contribution in [0.3, 0.4) is 0 Å². The predicted octanol–water partition coefficient (Wildman–Crippen LogP) is 1.05. The molecule has 0 spiro atoms. The van der Waals surface area contributed by atoms with E-state index in [9.17, 15) is 21.6 Å². The van der Waals surface area contributed by atoms with Gasteiger partial charge < -0.3 is 4.18 Å². The summed E-state index contributed by atoms with van der Waals surface area (Å²) in [4.78, 5) is 4.69. The van der Waals surface area contributed by atoms with Crippen LogP contribution >= 0.6 is 0 Å². The van der Waals surface area contributed by atoms with Gasteiger partial charge in [0.1, 0.15) is 0 Å². The minimum atomic E-state index is -5.78. The van der Waals surface area contributed by atoms with Crippen molar-refractivity contribution in [2.75, 3.05) is 7.11 Å². The zero-order chi connectivity index (χ0) is 16.3. The molecule has 21 heavy (non-hydrogen) atoms. The van der Waals surface area contributed by atoms with E-state index < -0.39 is 21.4 Å². The van der Waals surface area contributed by atoms with E-state index in [4.69, 9.17) is 10.1 Å². The minimum Gasteiger partial charge on any atom is -0.369 e. The number of alkyl halides is 3. The van der Waals surface area contributed by atoms with Crippen LogP contribution in [0.15, 0.2) is 12.1 Å². The Hall–Kier alpha value is -1.83. The quantitative estimate of drug-likeness (QED) is 0.378. The first-order valence-electron chi connectivity index (χ1n) is 5.49. The Morgan fingerprint density at radius 2 is 2.00 bits per heavy atom. The van der Waals surface area contributed by atoms with Gasteiger partial charge in [-0.3, -0.25) is 0 Å². The Labute approximate surface area is 119 Å². The molecule has 10 heteroatoms. The smallest absolute Gasteiger partial charge is 0.369 e. The lowest BCUT2D eigenvalue weighted by Crippen LogP contribution is -2.76. The van der Waals surface area contributed by atoms with Crippen molar-refractivity contribution in [3.63, 3.8) is 0 Å². The van der Waals surface area contributed by atoms with Crippen molar-refractivity contribution in [3.8, 4) is 11.8 Å². The van der Waals surface area contributed by atoms with Crippen molar-refractivity contribution in [1.29, 1.82) is 5.26 Å². The number of nitrogens with two attached hydrogens (primary N) is 1. The zero-order valence-electron chi connectivity index (χ0n) is 11.1. The summed E-state index contributed by atoms with van der Waals surface area (Å²) in [5, 5.41) is 8.63. The monoisotopic (exact) mass is 325 g/mol. The third-order valence-electron chi connectivity index (χ3n) is 2.37. The molecule has 1 aromatic rings. The molecule has 0 radical (unpaired) electrons. The molecule has 0 bridgehead atoms. The Kier molecular flexibility index (Phi) is 5.16. The van der Waals surface area contributed by atoms with Crippen LogP contribution < -0.4 is 9.66 Å². The molecule has 116 valence electrons. The third-order valence-corrected chi connectivity index (χ3v) is 3.32. The molecule has 2 N–H and O–H groups in total. The second-order valence-electron chi connectivity index (χ2n) is 4.00. The first-order valence-corrected chi connectivity index (χ1v) is 6.90. The number of halogens is 3. The standard InChI is InChI=1S/C11H11F3N2O4S/c1-7-5-8(3-4-15)6-9(16-19-2)10(7)20-21(17,18)11(12,13)14/h5-6,16H,3H2,1-2H3/p+1. The molecule has 0 aromatic heterocycles. The molecule has 0 amide bonds. The number of nitriles is 1. The van der Waals surface area contributed by atoms with Crippen LogP contribution in [0.1, 0.15) is 11.1 Å². The zero-order valence-corrected chi connectivity index (χ0v) is 11.9. The van der Waals surface area contributed by atoms with Crippen LogP contribution in [-0.2, 0) is 21.4 Å². The summed E-state index contributed by atoms with van der Waals surface area (Å²) in [6.45, 7) is 1.37. The third kappa shape index (κ3) is 4.07. The van der Waals surface area contributed by atoms with E-state index in [1.54, 1.807) is 0 Å². The lowest BCUT2D eigenvalue weighted by molar-refractivity contribution is -0.830. The molecule has 0 atom stereocenters. The van der Waals surface area contributed by atoms with Crippen molar-refractivity contribution in [1.82, 2.24) is 0 Å². The van der Waals surface area contributed by atoms with E-state index in [2.05, 4.69) is 4.18 Å². The second-order valence-corrected chi connectivity index (χ2v) is 5.54. The number of nitrogens with zero attached hydrogens (tertiary/aromatic N) is 1. The topological polar surface area (TPSA) is 93.0 Å². The predicted molar refractivity (Wildman–Crippen MR) is 64.7 cm³/mol. The van der Waals surface area contributed by atoms with E-state index in [1.807, 2.05) is 6.07 Å². The van der Waals surface area contributed by atoms with E-state index in [0.29, 0.717) is 5.56 Å². The van der Waals surface area contributed by atoms with Gasteiger partial charge in [0, 0.05) is 6.07 Å². The summed E-state index contributed by atoms with van der Waals surface area (Å²) in [6.07, 6.45) is 0.0116. The lowest BCUT2D eigenvalue weighted by Gasteiger charge is -2.13. The highest BCUT2D eigenvalue weighted by molar-refractivity contribution is 7.88. The van der Waals surface area contributed by atoms with Gasteiger partial charge in [-0.15, -0.1) is 0 Å². The molecular formula is C11H12F3N2O4S+. The molecule has 0 aliphatic heterocycles. The number of quaternary nitrogens is 1. The van der Waals surface area contributed by atoms with Gasteiger partial charge in [0.15, 0.2) is 0 Å². The van der Waals surface area contributed by atoms with Gasteiger partial charge in [0.2, 0.25) is 11.4 Å². The molecule has 0 saturated carbocycles. The van der Waals surface area contributed by atoms with Crippen LogP contribution in [0.25, 0.3) is 0 Å². The molecule has 0 heterocycles. The van der Waals surface area contributed by atoms with Gasteiger partial charge in [0.25, 0.3) is 0 Å². The molecule has 0 saturated heterocycles. The number of hydrogen-bond acceptors (Lipinski definition) is 5. The lowest BCUT2D eigenvalue weighted by atomic mass is 10.1. The van der Waals surface area contributed by atoms with Gasteiger partial charge >= 0.3 is 15.6 Å². The second kappa shape index (κ2) is 6.30. The summed E-state index contributed by atoms with van der Waals surface area (Å²) in [6, 6.07) is 4.57. The summed E-state index contributed by atoms with van der Waals surface area (Å²) in [5.41, 5.74) is -3.87. The van der Waals surface area contributed by atoms with Crippen LogP contribution in [0.5, 0.6) is 5.75 Å². The molecule has 0 unspecified atom stereocenters. The molecule has 0 fully saturated rings. The Bertz CT molecular complexity index is 665. The number of benzene rings is 1. The Morgan fingerprint density at radius 3 is 2.48 bits per heavy atom. The first kappa shape index (κ1) is 17.2. The molecular weight excluding hydrogens is 313 g/mol. The molecule has 0 aliphatic rings. The summed E-state index contributed by atoms with van der Waals surface area (Å²) < 4.78 is 63.5. The van der Waals surface area contributed by atoms with Crippen LogP contribution in [0, 0.1) is 18.3 Å². The van der Waals surface area contributed by atoms with Crippen molar-refractivity contribution in [2.45, 2.75) is 18.9 Å². The Morgan fingerprint density at radius 1 is 1.38 bits per heavy atom. The minimum absolute atomic E-state index is 0.00410. The van der Waals surface area contributed by atoms with Gasteiger partial charge in [-0.2, -0.15) is 32.3 Å². The van der Waals surface area contributed by atoms with Gasteiger partial charge in [-0.25, -0.2) is 4.84 Å². The van der Waals surface area contributed by atoms with Crippen LogP contribution in [0.2, 0.25) is 0 Å². The summed E-state index contributed by atoms with van der Waals surface area (Å²) in [7, 11) is -4.54. The van der Waals surface area contributed by atoms with Gasteiger partial charge in [-0.05, 0) is 18.1 Å². The van der Waals surface area contributed by atoms with E-state index >= 15 is 0 Å². The number of hydrogen-bond donors (Lipinski definition) is 1. The van der Waals surface area contributed by atoms with Gasteiger partial charge in [-0.1, -0.05) is 6.07 Å². The molecule has 1 aromatic carbocycles. The summed E-state index contributed by atoms with van der Waals surface area (Å²) in [5.74, 6) is -0.490. The highest BCUT2D eigenvalue weighted by Crippen LogP contribution is 2.33. The molecule has 0 aliphatic carbocycles. The maximum Gasteiger partial charge on any atom is 0.534 e. The number of aryl methyl sites for hydroxylation is 1. The largest absolute Gasteiger partial charge is 0.534 e. The molecule has 6 nitrogen and oxygen atoms in total. The fourth-order valence-corrected chi connectivity index (χ4v) is 2.10. The average molecular weight is 325 g/mol. The van der Waals surface area contributed by atoms with Crippen molar-refractivity contribution in [3.05, 3.63) is 23.3 Å². The van der Waals surface area contributed by atoms with E-state index in [-0.39, 0.29) is 17.7 Å². The molecule has 1 rings (SSSR count). The first-order chi connectivity index (χ1) is 9.62. The summed E-state index contributed by atoms with van der Waals surface area (Å²) >= 11 is 0. The normalized spacial score (nSPS) is 12.0. The highest BCUT2D eigenvalue weighted by Gasteiger charge is 2.49. The van der Waals surface area contributed by atoms with Gasteiger partial charge in [0.05, 0.1) is 19.6 Å². The van der Waals surface area contributed by atoms with Crippen LogP contribution in [-0.4, -0.2) is 21.0 Å². The van der Waals surface area contributed by atoms with Crippen molar-refractivity contribution >= 4 is 15.8 Å². The highest BCUT2D eigenvalue weighted by atomic mass is 32.2. The maximum atomic E-state index is 12.4. The average Bonchev–Trinajstić information content (AvgIpc) is 2.33. The van der Waals surface area contributed by atoms with Crippen molar-refractivity contribution < 1.29 is 36.1 Å². The fourth-order valence-electron chi connectivity index (χ4n) is 1.56. The fraction of sp³-hybridized carbons (Fsp3) is 0.364. The van der Waals surface area contributed by atoms with E-state index in [0.717, 1.165) is 5.48 Å². The maximum absolute atomic E-state index is 12.4. The SMILES string of the molecule is CO[NH2+]c1cc(CC#N)cc(C)c1OS(=O)(=O)C(F)(F)F. The van der Waals surface area contributed by atoms with Crippen molar-refractivity contribution in [2.24, 2.45) is 0 Å². The van der Waals surface area contributed by atoms with Crippen LogP contribution in [0.4, 0.5) is 18.9 Å². The number of rotatable bonds is 5. The Balaban J connectivity index is 3.33. The van der Waals surface area contributed by atoms with E-state index in [1.165, 1.54) is 26.2 Å².